The lowest BCUT2D eigenvalue weighted by molar-refractivity contribution is -0.129. The number of benzene rings is 1. The fraction of sp³-hybridized carbons (Fsp3) is 0.333. The molecule has 106 valence electrons. The van der Waals surface area contributed by atoms with Gasteiger partial charge in [0, 0.05) is 31.8 Å². The quantitative estimate of drug-likeness (QED) is 0.850. The van der Waals surface area contributed by atoms with Crippen LogP contribution in [0.4, 0.5) is 5.69 Å². The van der Waals surface area contributed by atoms with E-state index in [0.717, 1.165) is 11.3 Å². The Morgan fingerprint density at radius 1 is 1.20 bits per heavy atom. The SMILES string of the molecule is CC(=O)Nc1ccc(C=CC(=O)N2CCOCC2)cc1. The molecule has 1 N–H and O–H groups in total. The summed E-state index contributed by atoms with van der Waals surface area (Å²) in [4.78, 5) is 24.6. The van der Waals surface area contributed by atoms with Crippen LogP contribution >= 0.6 is 0 Å². The highest BCUT2D eigenvalue weighted by Crippen LogP contribution is 2.11. The van der Waals surface area contributed by atoms with Gasteiger partial charge in [-0.1, -0.05) is 12.1 Å². The van der Waals surface area contributed by atoms with E-state index in [-0.39, 0.29) is 11.8 Å². The molecule has 2 rings (SSSR count). The predicted molar refractivity (Wildman–Crippen MR) is 77.2 cm³/mol. The maximum atomic E-state index is 11.9. The Morgan fingerprint density at radius 3 is 2.45 bits per heavy atom. The third kappa shape index (κ3) is 4.20. The van der Waals surface area contributed by atoms with Crippen LogP contribution in [-0.2, 0) is 14.3 Å². The van der Waals surface area contributed by atoms with Gasteiger partial charge in [0.15, 0.2) is 0 Å². The summed E-state index contributed by atoms with van der Waals surface area (Å²) in [5, 5.41) is 2.70. The summed E-state index contributed by atoms with van der Waals surface area (Å²) < 4.78 is 5.21. The summed E-state index contributed by atoms with van der Waals surface area (Å²) in [5.41, 5.74) is 1.66. The van der Waals surface area contributed by atoms with Crippen LogP contribution in [0.2, 0.25) is 0 Å². The standard InChI is InChI=1S/C15H18N2O3/c1-12(18)16-14-5-2-13(3-6-14)4-7-15(19)17-8-10-20-11-9-17/h2-7H,8-11H2,1H3,(H,16,18). The van der Waals surface area contributed by atoms with Crippen molar-refractivity contribution in [1.29, 1.82) is 0 Å². The highest BCUT2D eigenvalue weighted by Gasteiger charge is 2.13. The molecule has 1 aliphatic rings. The van der Waals surface area contributed by atoms with Crippen molar-refractivity contribution >= 4 is 23.6 Å². The van der Waals surface area contributed by atoms with Crippen molar-refractivity contribution in [3.63, 3.8) is 0 Å². The molecular weight excluding hydrogens is 256 g/mol. The number of rotatable bonds is 3. The van der Waals surface area contributed by atoms with Gasteiger partial charge in [-0.2, -0.15) is 0 Å². The van der Waals surface area contributed by atoms with Crippen molar-refractivity contribution in [3.8, 4) is 0 Å². The van der Waals surface area contributed by atoms with Crippen molar-refractivity contribution in [2.75, 3.05) is 31.6 Å². The number of carbonyl (C=O) groups excluding carboxylic acids is 2. The van der Waals surface area contributed by atoms with Gasteiger partial charge in [-0.25, -0.2) is 0 Å². The maximum absolute atomic E-state index is 11.9. The van der Waals surface area contributed by atoms with Crippen LogP contribution in [0.25, 0.3) is 6.08 Å². The number of anilines is 1. The van der Waals surface area contributed by atoms with E-state index in [1.807, 2.05) is 12.1 Å². The van der Waals surface area contributed by atoms with Crippen molar-refractivity contribution < 1.29 is 14.3 Å². The molecule has 0 aromatic heterocycles. The first kappa shape index (κ1) is 14.3. The molecule has 1 aromatic rings. The first-order valence-corrected chi connectivity index (χ1v) is 6.57. The third-order valence-electron chi connectivity index (χ3n) is 2.97. The minimum atomic E-state index is -0.101. The highest BCUT2D eigenvalue weighted by atomic mass is 16.5. The van der Waals surface area contributed by atoms with Crippen LogP contribution < -0.4 is 5.32 Å². The molecule has 1 saturated heterocycles. The number of carbonyl (C=O) groups is 2. The van der Waals surface area contributed by atoms with Gasteiger partial charge in [-0.15, -0.1) is 0 Å². The van der Waals surface area contributed by atoms with Crippen molar-refractivity contribution in [1.82, 2.24) is 4.90 Å². The average molecular weight is 274 g/mol. The van der Waals surface area contributed by atoms with Crippen LogP contribution in [-0.4, -0.2) is 43.0 Å². The van der Waals surface area contributed by atoms with E-state index in [0.29, 0.717) is 26.3 Å². The highest BCUT2D eigenvalue weighted by molar-refractivity contribution is 5.92. The third-order valence-corrected chi connectivity index (χ3v) is 2.97. The van der Waals surface area contributed by atoms with Crippen LogP contribution in [0.3, 0.4) is 0 Å². The number of hydrogen-bond acceptors (Lipinski definition) is 3. The lowest BCUT2D eigenvalue weighted by Crippen LogP contribution is -2.39. The van der Waals surface area contributed by atoms with E-state index in [1.165, 1.54) is 6.92 Å². The molecule has 0 spiro atoms. The first-order valence-electron chi connectivity index (χ1n) is 6.57. The number of amides is 2. The Morgan fingerprint density at radius 2 is 1.85 bits per heavy atom. The second-order valence-corrected chi connectivity index (χ2v) is 4.57. The molecule has 5 nitrogen and oxygen atoms in total. The monoisotopic (exact) mass is 274 g/mol. The van der Waals surface area contributed by atoms with Crippen molar-refractivity contribution in [2.24, 2.45) is 0 Å². The summed E-state index contributed by atoms with van der Waals surface area (Å²) in [6.45, 7) is 3.96. The molecule has 1 fully saturated rings. The number of nitrogens with one attached hydrogen (secondary N) is 1. The summed E-state index contributed by atoms with van der Waals surface area (Å²) in [6.07, 6.45) is 3.34. The van der Waals surface area contributed by atoms with E-state index in [2.05, 4.69) is 5.32 Å². The zero-order valence-corrected chi connectivity index (χ0v) is 11.5. The molecule has 0 saturated carbocycles. The zero-order valence-electron chi connectivity index (χ0n) is 11.5. The van der Waals surface area contributed by atoms with Gasteiger partial charge in [0.2, 0.25) is 11.8 Å². The smallest absolute Gasteiger partial charge is 0.246 e. The van der Waals surface area contributed by atoms with E-state index in [1.54, 1.807) is 29.2 Å². The summed E-state index contributed by atoms with van der Waals surface area (Å²) in [6, 6.07) is 7.32. The topological polar surface area (TPSA) is 58.6 Å². The van der Waals surface area contributed by atoms with Crippen LogP contribution in [0, 0.1) is 0 Å². The Labute approximate surface area is 118 Å². The van der Waals surface area contributed by atoms with E-state index >= 15 is 0 Å². The van der Waals surface area contributed by atoms with Gasteiger partial charge in [0.1, 0.15) is 0 Å². The minimum Gasteiger partial charge on any atom is -0.378 e. The fourth-order valence-electron chi connectivity index (χ4n) is 1.94. The molecule has 20 heavy (non-hydrogen) atoms. The van der Waals surface area contributed by atoms with Crippen LogP contribution in [0.1, 0.15) is 12.5 Å². The molecule has 1 aliphatic heterocycles. The van der Waals surface area contributed by atoms with Crippen LogP contribution in [0.5, 0.6) is 0 Å². The van der Waals surface area contributed by atoms with Crippen molar-refractivity contribution in [3.05, 3.63) is 35.9 Å². The van der Waals surface area contributed by atoms with Crippen molar-refractivity contribution in [2.45, 2.75) is 6.92 Å². The molecule has 0 radical (unpaired) electrons. The second kappa shape index (κ2) is 6.86. The lowest BCUT2D eigenvalue weighted by Gasteiger charge is -2.25. The Kier molecular flexibility index (Phi) is 4.90. The van der Waals surface area contributed by atoms with E-state index < -0.39 is 0 Å². The number of morpholine rings is 1. The Hall–Kier alpha value is -2.14. The van der Waals surface area contributed by atoms with Gasteiger partial charge in [0.25, 0.3) is 0 Å². The molecular formula is C15H18N2O3. The first-order chi connectivity index (χ1) is 9.65. The molecule has 1 aromatic carbocycles. The van der Waals surface area contributed by atoms with Gasteiger partial charge in [-0.3, -0.25) is 9.59 Å². The van der Waals surface area contributed by atoms with Crippen LogP contribution in [0.15, 0.2) is 30.3 Å². The van der Waals surface area contributed by atoms with E-state index in [4.69, 9.17) is 4.74 Å². The lowest BCUT2D eigenvalue weighted by atomic mass is 10.2. The number of hydrogen-bond donors (Lipinski definition) is 1. The number of nitrogens with zero attached hydrogens (tertiary/aromatic N) is 1. The van der Waals surface area contributed by atoms with E-state index in [9.17, 15) is 9.59 Å². The molecule has 0 unspecified atom stereocenters. The Bertz CT molecular complexity index is 502. The fourth-order valence-corrected chi connectivity index (χ4v) is 1.94. The summed E-state index contributed by atoms with van der Waals surface area (Å²) in [7, 11) is 0. The second-order valence-electron chi connectivity index (χ2n) is 4.57. The maximum Gasteiger partial charge on any atom is 0.246 e. The van der Waals surface area contributed by atoms with Gasteiger partial charge in [0.05, 0.1) is 13.2 Å². The predicted octanol–water partition coefficient (Wildman–Crippen LogP) is 1.52. The molecule has 1 heterocycles. The van der Waals surface area contributed by atoms with Gasteiger partial charge < -0.3 is 15.0 Å². The largest absolute Gasteiger partial charge is 0.378 e. The zero-order chi connectivity index (χ0) is 14.4. The van der Waals surface area contributed by atoms with Gasteiger partial charge >= 0.3 is 0 Å². The molecule has 2 amide bonds. The number of ether oxygens (including phenoxy) is 1. The molecule has 0 atom stereocenters. The van der Waals surface area contributed by atoms with Gasteiger partial charge in [-0.05, 0) is 23.8 Å². The normalized spacial score (nSPS) is 15.3. The Balaban J connectivity index is 1.93. The summed E-state index contributed by atoms with van der Waals surface area (Å²) >= 11 is 0. The molecule has 0 aliphatic carbocycles. The minimum absolute atomic E-state index is 0.000706. The summed E-state index contributed by atoms with van der Waals surface area (Å²) in [5.74, 6) is -0.102. The molecule has 5 heteroatoms. The molecule has 0 bridgehead atoms. The average Bonchev–Trinajstić information content (AvgIpc) is 2.46.